The molecule has 0 aliphatic carbocycles. The normalized spacial score (nSPS) is 20.8. The quantitative estimate of drug-likeness (QED) is 0.838. The largest absolute Gasteiger partial charge is 0.494 e. The number of nitrogens with one attached hydrogen (secondary N) is 1. The van der Waals surface area contributed by atoms with Gasteiger partial charge in [0.25, 0.3) is 0 Å². The fraction of sp³-hybridized carbons (Fsp3) is 0.500. The maximum atomic E-state index is 13.6. The molecule has 0 amide bonds. The van der Waals surface area contributed by atoms with Gasteiger partial charge in [-0.2, -0.15) is 0 Å². The van der Waals surface area contributed by atoms with Gasteiger partial charge in [0.1, 0.15) is 5.82 Å². The molecular weight excluding hydrogens is 212 g/mol. The van der Waals surface area contributed by atoms with Gasteiger partial charge in [0.2, 0.25) is 0 Å². The van der Waals surface area contributed by atoms with Gasteiger partial charge >= 0.3 is 0 Å². The summed E-state index contributed by atoms with van der Waals surface area (Å²) >= 11 is 0. The molecule has 1 heterocycles. The second kappa shape index (κ2) is 4.78. The molecule has 2 rings (SSSR count). The summed E-state index contributed by atoms with van der Waals surface area (Å²) in [5.41, 5.74) is 0.498. The van der Waals surface area contributed by atoms with E-state index < -0.39 is 11.6 Å². The Morgan fingerprint density at radius 2 is 2.06 bits per heavy atom. The number of ether oxygens (including phenoxy) is 1. The third-order valence-electron chi connectivity index (χ3n) is 2.96. The summed E-state index contributed by atoms with van der Waals surface area (Å²) in [6.07, 6.45) is 3.05. The summed E-state index contributed by atoms with van der Waals surface area (Å²) in [5, 5.41) is 3.23. The van der Waals surface area contributed by atoms with Gasteiger partial charge in [0.15, 0.2) is 11.6 Å². The molecule has 1 saturated heterocycles. The second-order valence-electron chi connectivity index (χ2n) is 4.01. The number of benzene rings is 1. The minimum atomic E-state index is -0.653. The third-order valence-corrected chi connectivity index (χ3v) is 2.96. The van der Waals surface area contributed by atoms with E-state index in [1.165, 1.54) is 13.2 Å². The van der Waals surface area contributed by atoms with Gasteiger partial charge in [-0.3, -0.25) is 0 Å². The SMILES string of the molecule is COc1cc(C2CCCCN2)c(F)cc1F. The van der Waals surface area contributed by atoms with E-state index in [0.29, 0.717) is 5.56 Å². The summed E-state index contributed by atoms with van der Waals surface area (Å²) in [5.74, 6) is -1.05. The molecule has 1 atom stereocenters. The van der Waals surface area contributed by atoms with Crippen molar-refractivity contribution in [1.29, 1.82) is 0 Å². The van der Waals surface area contributed by atoms with Crippen molar-refractivity contribution in [1.82, 2.24) is 5.32 Å². The van der Waals surface area contributed by atoms with Crippen LogP contribution in [0.15, 0.2) is 12.1 Å². The van der Waals surface area contributed by atoms with Gasteiger partial charge in [0, 0.05) is 17.7 Å². The first-order valence-electron chi connectivity index (χ1n) is 5.48. The number of piperidine rings is 1. The fourth-order valence-corrected chi connectivity index (χ4v) is 2.09. The lowest BCUT2D eigenvalue weighted by atomic mass is 9.97. The number of rotatable bonds is 2. The average Bonchev–Trinajstić information content (AvgIpc) is 2.30. The van der Waals surface area contributed by atoms with Crippen LogP contribution in [-0.2, 0) is 0 Å². The van der Waals surface area contributed by atoms with Crippen LogP contribution in [-0.4, -0.2) is 13.7 Å². The highest BCUT2D eigenvalue weighted by Crippen LogP contribution is 2.29. The zero-order chi connectivity index (χ0) is 11.5. The molecule has 0 bridgehead atoms. The summed E-state index contributed by atoms with van der Waals surface area (Å²) in [6.45, 7) is 0.879. The molecule has 1 N–H and O–H groups in total. The van der Waals surface area contributed by atoms with Crippen LogP contribution in [0.4, 0.5) is 8.78 Å². The maximum absolute atomic E-state index is 13.6. The van der Waals surface area contributed by atoms with Crippen LogP contribution in [0, 0.1) is 11.6 Å². The van der Waals surface area contributed by atoms with E-state index in [4.69, 9.17) is 4.74 Å². The molecule has 1 fully saturated rings. The lowest BCUT2D eigenvalue weighted by Crippen LogP contribution is -2.27. The predicted octanol–water partition coefficient (Wildman–Crippen LogP) is 2.79. The standard InChI is InChI=1S/C12H15F2NO/c1-16-12-6-8(9(13)7-10(12)14)11-4-2-3-5-15-11/h6-7,11,15H,2-5H2,1H3. The molecule has 1 aliphatic rings. The van der Waals surface area contributed by atoms with Gasteiger partial charge in [-0.15, -0.1) is 0 Å². The lowest BCUT2D eigenvalue weighted by Gasteiger charge is -2.24. The Morgan fingerprint density at radius 1 is 1.25 bits per heavy atom. The van der Waals surface area contributed by atoms with E-state index in [-0.39, 0.29) is 11.8 Å². The van der Waals surface area contributed by atoms with Crippen LogP contribution in [0.3, 0.4) is 0 Å². The second-order valence-corrected chi connectivity index (χ2v) is 4.01. The molecule has 0 aromatic heterocycles. The monoisotopic (exact) mass is 227 g/mol. The average molecular weight is 227 g/mol. The van der Waals surface area contributed by atoms with Gasteiger partial charge in [-0.05, 0) is 25.5 Å². The molecule has 1 unspecified atom stereocenters. The molecule has 0 radical (unpaired) electrons. The topological polar surface area (TPSA) is 21.3 Å². The van der Waals surface area contributed by atoms with Crippen molar-refractivity contribution >= 4 is 0 Å². The van der Waals surface area contributed by atoms with Gasteiger partial charge < -0.3 is 10.1 Å². The van der Waals surface area contributed by atoms with Crippen molar-refractivity contribution in [2.45, 2.75) is 25.3 Å². The number of hydrogen-bond acceptors (Lipinski definition) is 2. The number of hydrogen-bond donors (Lipinski definition) is 1. The molecule has 0 spiro atoms. The Bertz CT molecular complexity index is 376. The fourth-order valence-electron chi connectivity index (χ4n) is 2.09. The Balaban J connectivity index is 2.31. The summed E-state index contributed by atoms with van der Waals surface area (Å²) in [6, 6.07) is 2.32. The van der Waals surface area contributed by atoms with Gasteiger partial charge in [-0.1, -0.05) is 6.42 Å². The Hall–Kier alpha value is -1.16. The van der Waals surface area contributed by atoms with Gasteiger partial charge in [0.05, 0.1) is 7.11 Å². The van der Waals surface area contributed by atoms with Crippen LogP contribution < -0.4 is 10.1 Å². The van der Waals surface area contributed by atoms with E-state index in [0.717, 1.165) is 31.9 Å². The van der Waals surface area contributed by atoms with Crippen LogP contribution >= 0.6 is 0 Å². The van der Waals surface area contributed by atoms with E-state index in [9.17, 15) is 8.78 Å². The molecule has 2 nitrogen and oxygen atoms in total. The minimum absolute atomic E-state index is 0.0248. The van der Waals surface area contributed by atoms with Crippen LogP contribution in [0.5, 0.6) is 5.75 Å². The number of halogens is 2. The highest BCUT2D eigenvalue weighted by atomic mass is 19.1. The summed E-state index contributed by atoms with van der Waals surface area (Å²) < 4.78 is 31.7. The first kappa shape index (κ1) is 11.3. The van der Waals surface area contributed by atoms with Crippen LogP contribution in [0.25, 0.3) is 0 Å². The van der Waals surface area contributed by atoms with Crippen molar-refractivity contribution in [3.63, 3.8) is 0 Å². The first-order chi connectivity index (χ1) is 7.72. The van der Waals surface area contributed by atoms with Crippen molar-refractivity contribution < 1.29 is 13.5 Å². The van der Waals surface area contributed by atoms with Crippen LogP contribution in [0.1, 0.15) is 30.9 Å². The van der Waals surface area contributed by atoms with E-state index >= 15 is 0 Å². The van der Waals surface area contributed by atoms with Crippen molar-refractivity contribution in [3.05, 3.63) is 29.3 Å². The molecule has 88 valence electrons. The van der Waals surface area contributed by atoms with Crippen LogP contribution in [0.2, 0.25) is 0 Å². The molecule has 1 aromatic rings. The summed E-state index contributed by atoms with van der Waals surface area (Å²) in [4.78, 5) is 0. The van der Waals surface area contributed by atoms with Crippen molar-refractivity contribution in [2.75, 3.05) is 13.7 Å². The number of methoxy groups -OCH3 is 1. The van der Waals surface area contributed by atoms with Gasteiger partial charge in [-0.25, -0.2) is 8.78 Å². The Kier molecular flexibility index (Phi) is 3.39. The smallest absolute Gasteiger partial charge is 0.167 e. The first-order valence-corrected chi connectivity index (χ1v) is 5.48. The molecule has 0 saturated carbocycles. The molecular formula is C12H15F2NO. The zero-order valence-electron chi connectivity index (χ0n) is 9.22. The maximum Gasteiger partial charge on any atom is 0.167 e. The Labute approximate surface area is 93.6 Å². The minimum Gasteiger partial charge on any atom is -0.494 e. The predicted molar refractivity (Wildman–Crippen MR) is 57.5 cm³/mol. The van der Waals surface area contributed by atoms with E-state index in [1.54, 1.807) is 0 Å². The third kappa shape index (κ3) is 2.16. The Morgan fingerprint density at radius 3 is 2.69 bits per heavy atom. The van der Waals surface area contributed by atoms with E-state index in [1.807, 2.05) is 0 Å². The van der Waals surface area contributed by atoms with Crippen molar-refractivity contribution in [2.24, 2.45) is 0 Å². The summed E-state index contributed by atoms with van der Waals surface area (Å²) in [7, 11) is 1.38. The van der Waals surface area contributed by atoms with E-state index in [2.05, 4.69) is 5.32 Å². The molecule has 4 heteroatoms. The molecule has 16 heavy (non-hydrogen) atoms. The highest BCUT2D eigenvalue weighted by molar-refractivity contribution is 5.33. The molecule has 1 aliphatic heterocycles. The highest BCUT2D eigenvalue weighted by Gasteiger charge is 2.20. The lowest BCUT2D eigenvalue weighted by molar-refractivity contribution is 0.371. The van der Waals surface area contributed by atoms with Crippen molar-refractivity contribution in [3.8, 4) is 5.75 Å². The zero-order valence-corrected chi connectivity index (χ0v) is 9.22. The molecule has 1 aromatic carbocycles.